The molecule has 2 aromatic heterocycles. The standard InChI is InChI=1S/C18H22N6O3S/c1-13-5-6-15(27-3)16(11-13)28(25,26)21-9-8-19-17-12-18(23-14(2)22-17)24-10-4-7-20-24/h4-7,10-12,21H,8-9H2,1-3H3,(H,19,22,23). The Morgan fingerprint density at radius 1 is 1.14 bits per heavy atom. The van der Waals surface area contributed by atoms with Crippen molar-refractivity contribution >= 4 is 15.8 Å². The lowest BCUT2D eigenvalue weighted by Gasteiger charge is -2.12. The minimum Gasteiger partial charge on any atom is -0.495 e. The fourth-order valence-corrected chi connectivity index (χ4v) is 3.90. The van der Waals surface area contributed by atoms with Crippen LogP contribution in [-0.4, -0.2) is 48.4 Å². The summed E-state index contributed by atoms with van der Waals surface area (Å²) in [4.78, 5) is 8.77. The maximum absolute atomic E-state index is 12.6. The van der Waals surface area contributed by atoms with Crippen molar-refractivity contribution in [3.63, 3.8) is 0 Å². The lowest BCUT2D eigenvalue weighted by Crippen LogP contribution is -2.29. The highest BCUT2D eigenvalue weighted by atomic mass is 32.2. The van der Waals surface area contributed by atoms with E-state index in [0.717, 1.165) is 5.56 Å². The molecule has 0 unspecified atom stereocenters. The Labute approximate surface area is 163 Å². The Morgan fingerprint density at radius 2 is 1.96 bits per heavy atom. The molecule has 0 saturated heterocycles. The molecule has 0 radical (unpaired) electrons. The van der Waals surface area contributed by atoms with E-state index in [0.29, 0.717) is 29.8 Å². The van der Waals surface area contributed by atoms with Crippen molar-refractivity contribution in [2.45, 2.75) is 18.7 Å². The second kappa shape index (κ2) is 8.36. The van der Waals surface area contributed by atoms with Crippen LogP contribution in [0.25, 0.3) is 5.82 Å². The van der Waals surface area contributed by atoms with Crippen LogP contribution in [0.1, 0.15) is 11.4 Å². The highest BCUT2D eigenvalue weighted by Gasteiger charge is 2.19. The summed E-state index contributed by atoms with van der Waals surface area (Å²) in [7, 11) is -2.25. The molecule has 1 aromatic carbocycles. The Morgan fingerprint density at radius 3 is 2.68 bits per heavy atom. The number of benzene rings is 1. The van der Waals surface area contributed by atoms with Crippen molar-refractivity contribution in [3.05, 3.63) is 54.1 Å². The first-order valence-electron chi connectivity index (χ1n) is 8.63. The van der Waals surface area contributed by atoms with Gasteiger partial charge in [0.25, 0.3) is 0 Å². The van der Waals surface area contributed by atoms with E-state index in [-0.39, 0.29) is 11.4 Å². The third-order valence-corrected chi connectivity index (χ3v) is 5.38. The smallest absolute Gasteiger partial charge is 0.244 e. The zero-order valence-corrected chi connectivity index (χ0v) is 16.7. The van der Waals surface area contributed by atoms with Gasteiger partial charge in [0.2, 0.25) is 10.0 Å². The van der Waals surface area contributed by atoms with Gasteiger partial charge in [-0.25, -0.2) is 27.8 Å². The average molecular weight is 402 g/mol. The second-order valence-electron chi connectivity index (χ2n) is 6.09. The van der Waals surface area contributed by atoms with E-state index >= 15 is 0 Å². The SMILES string of the molecule is COc1ccc(C)cc1S(=O)(=O)NCCNc1cc(-n2cccn2)nc(C)n1. The summed E-state index contributed by atoms with van der Waals surface area (Å²) >= 11 is 0. The van der Waals surface area contributed by atoms with Crippen molar-refractivity contribution in [1.82, 2.24) is 24.5 Å². The van der Waals surface area contributed by atoms with Crippen LogP contribution < -0.4 is 14.8 Å². The lowest BCUT2D eigenvalue weighted by molar-refractivity contribution is 0.402. The van der Waals surface area contributed by atoms with Gasteiger partial charge in [-0.15, -0.1) is 0 Å². The van der Waals surface area contributed by atoms with Crippen molar-refractivity contribution in [2.75, 3.05) is 25.5 Å². The number of hydrogen-bond donors (Lipinski definition) is 2. The summed E-state index contributed by atoms with van der Waals surface area (Å²) in [5.74, 6) is 2.11. The van der Waals surface area contributed by atoms with Crippen LogP contribution in [0.3, 0.4) is 0 Å². The number of methoxy groups -OCH3 is 1. The van der Waals surface area contributed by atoms with Crippen molar-refractivity contribution in [2.24, 2.45) is 0 Å². The van der Waals surface area contributed by atoms with Gasteiger partial charge in [-0.1, -0.05) is 6.07 Å². The van der Waals surface area contributed by atoms with E-state index in [1.807, 2.05) is 6.92 Å². The third kappa shape index (κ3) is 4.65. The summed E-state index contributed by atoms with van der Waals surface area (Å²) in [6, 6.07) is 8.58. The molecule has 0 fully saturated rings. The Hall–Kier alpha value is -2.98. The Kier molecular flexibility index (Phi) is 5.90. The molecular weight excluding hydrogens is 380 g/mol. The predicted octanol–water partition coefficient (Wildman–Crippen LogP) is 1.68. The van der Waals surface area contributed by atoms with E-state index in [1.54, 1.807) is 54.3 Å². The van der Waals surface area contributed by atoms with Gasteiger partial charge >= 0.3 is 0 Å². The second-order valence-corrected chi connectivity index (χ2v) is 7.82. The quantitative estimate of drug-likeness (QED) is 0.552. The summed E-state index contributed by atoms with van der Waals surface area (Å²) in [5, 5.41) is 7.25. The van der Waals surface area contributed by atoms with E-state index < -0.39 is 10.0 Å². The van der Waals surface area contributed by atoms with Crippen LogP contribution in [0.15, 0.2) is 47.6 Å². The lowest BCUT2D eigenvalue weighted by atomic mass is 10.2. The summed E-state index contributed by atoms with van der Waals surface area (Å²) in [5.41, 5.74) is 0.835. The maximum Gasteiger partial charge on any atom is 0.244 e. The normalized spacial score (nSPS) is 11.4. The molecule has 0 amide bonds. The molecule has 3 rings (SSSR count). The fourth-order valence-electron chi connectivity index (χ4n) is 2.61. The van der Waals surface area contributed by atoms with Gasteiger partial charge in [0.05, 0.1) is 7.11 Å². The molecule has 0 saturated carbocycles. The van der Waals surface area contributed by atoms with Crippen LogP contribution >= 0.6 is 0 Å². The van der Waals surface area contributed by atoms with Crippen LogP contribution in [0.4, 0.5) is 5.82 Å². The van der Waals surface area contributed by atoms with Gasteiger partial charge < -0.3 is 10.1 Å². The van der Waals surface area contributed by atoms with Gasteiger partial charge in [0, 0.05) is 31.5 Å². The largest absolute Gasteiger partial charge is 0.495 e. The number of sulfonamides is 1. The monoisotopic (exact) mass is 402 g/mol. The van der Waals surface area contributed by atoms with E-state index in [9.17, 15) is 8.42 Å². The minimum absolute atomic E-state index is 0.119. The zero-order chi connectivity index (χ0) is 20.1. The van der Waals surface area contributed by atoms with Crippen LogP contribution in [0, 0.1) is 13.8 Å². The van der Waals surface area contributed by atoms with Crippen molar-refractivity contribution in [1.29, 1.82) is 0 Å². The minimum atomic E-state index is -3.69. The van der Waals surface area contributed by atoms with Crippen molar-refractivity contribution in [3.8, 4) is 11.6 Å². The van der Waals surface area contributed by atoms with Gasteiger partial charge in [0.15, 0.2) is 5.82 Å². The first kappa shape index (κ1) is 19.8. The number of aryl methyl sites for hydroxylation is 2. The highest BCUT2D eigenvalue weighted by molar-refractivity contribution is 7.89. The Bertz CT molecular complexity index is 1050. The van der Waals surface area contributed by atoms with Crippen molar-refractivity contribution < 1.29 is 13.2 Å². The van der Waals surface area contributed by atoms with Crippen LogP contribution in [-0.2, 0) is 10.0 Å². The van der Waals surface area contributed by atoms with Gasteiger partial charge in [-0.05, 0) is 37.6 Å². The predicted molar refractivity (Wildman–Crippen MR) is 105 cm³/mol. The van der Waals surface area contributed by atoms with E-state index in [4.69, 9.17) is 4.74 Å². The number of nitrogens with zero attached hydrogens (tertiary/aromatic N) is 4. The molecule has 10 heteroatoms. The molecule has 9 nitrogen and oxygen atoms in total. The molecular formula is C18H22N6O3S. The fraction of sp³-hybridized carbons (Fsp3) is 0.278. The molecule has 0 aliphatic heterocycles. The highest BCUT2D eigenvalue weighted by Crippen LogP contribution is 2.24. The number of rotatable bonds is 8. The molecule has 2 heterocycles. The molecule has 0 bridgehead atoms. The summed E-state index contributed by atoms with van der Waals surface area (Å²) < 4.78 is 34.5. The average Bonchev–Trinajstić information content (AvgIpc) is 3.20. The molecule has 148 valence electrons. The van der Waals surface area contributed by atoms with E-state index in [1.165, 1.54) is 7.11 Å². The number of aromatic nitrogens is 4. The molecule has 0 aliphatic rings. The van der Waals surface area contributed by atoms with Gasteiger partial charge in [-0.3, -0.25) is 0 Å². The number of nitrogens with one attached hydrogen (secondary N) is 2. The maximum atomic E-state index is 12.6. The molecule has 0 aliphatic carbocycles. The van der Waals surface area contributed by atoms with Crippen LogP contribution in [0.5, 0.6) is 5.75 Å². The Balaban J connectivity index is 1.64. The van der Waals surface area contributed by atoms with E-state index in [2.05, 4.69) is 25.1 Å². The zero-order valence-electron chi connectivity index (χ0n) is 15.9. The molecule has 0 spiro atoms. The molecule has 0 atom stereocenters. The summed E-state index contributed by atoms with van der Waals surface area (Å²) in [6.45, 7) is 4.14. The number of anilines is 1. The van der Waals surface area contributed by atoms with Gasteiger partial charge in [0.1, 0.15) is 22.3 Å². The van der Waals surface area contributed by atoms with Gasteiger partial charge in [-0.2, -0.15) is 5.10 Å². The summed E-state index contributed by atoms with van der Waals surface area (Å²) in [6.07, 6.45) is 3.45. The number of ether oxygens (including phenoxy) is 1. The first-order valence-corrected chi connectivity index (χ1v) is 10.1. The van der Waals surface area contributed by atoms with Crippen LogP contribution in [0.2, 0.25) is 0 Å². The third-order valence-electron chi connectivity index (χ3n) is 3.90. The molecule has 2 N–H and O–H groups in total. The molecule has 3 aromatic rings. The number of hydrogen-bond acceptors (Lipinski definition) is 7. The molecule has 28 heavy (non-hydrogen) atoms. The first-order chi connectivity index (χ1) is 13.4. The topological polar surface area (TPSA) is 111 Å².